The fourth-order valence-electron chi connectivity index (χ4n) is 2.86. The average molecular weight is 345 g/mol. The Balaban J connectivity index is 1.57. The van der Waals surface area contributed by atoms with Gasteiger partial charge in [0, 0.05) is 37.6 Å². The van der Waals surface area contributed by atoms with Gasteiger partial charge in [-0.15, -0.1) is 11.3 Å². The third-order valence-corrected chi connectivity index (χ3v) is 8.12. The molecule has 124 valence electrons. The lowest BCUT2D eigenvalue weighted by Gasteiger charge is -2.34. The Hall–Kier alpha value is -0.470. The normalized spacial score (nSPS) is 22.8. The lowest BCUT2D eigenvalue weighted by Crippen LogP contribution is -2.50. The summed E-state index contributed by atoms with van der Waals surface area (Å²) in [5.74, 6) is 0.473. The molecule has 1 N–H and O–H groups in total. The maximum Gasteiger partial charge on any atom is 0.252 e. The standard InChI is InChI=1S/C15H24N2O3S2/c1-2-13-5-6-15(21-13)22(19,20)17-9-7-16(8-10-17)11-14(18)12-3-4-12/h5-6,12,14,18H,2-4,7-11H2,1H3. The zero-order valence-corrected chi connectivity index (χ0v) is 14.6. The van der Waals surface area contributed by atoms with E-state index in [1.54, 1.807) is 10.4 Å². The highest BCUT2D eigenvalue weighted by atomic mass is 32.2. The molecule has 1 saturated carbocycles. The minimum Gasteiger partial charge on any atom is -0.392 e. The largest absolute Gasteiger partial charge is 0.392 e. The van der Waals surface area contributed by atoms with E-state index in [0.717, 1.165) is 24.1 Å². The Bertz CT molecular complexity index is 602. The van der Waals surface area contributed by atoms with Crippen molar-refractivity contribution in [3.05, 3.63) is 17.0 Å². The number of piperazine rings is 1. The van der Waals surface area contributed by atoms with Crippen molar-refractivity contribution in [3.63, 3.8) is 0 Å². The highest BCUT2D eigenvalue weighted by Gasteiger charge is 2.33. The lowest BCUT2D eigenvalue weighted by atomic mass is 10.2. The van der Waals surface area contributed by atoms with Gasteiger partial charge in [0.2, 0.25) is 0 Å². The van der Waals surface area contributed by atoms with Gasteiger partial charge in [-0.25, -0.2) is 8.42 Å². The fraction of sp³-hybridized carbons (Fsp3) is 0.733. The molecule has 7 heteroatoms. The molecule has 0 aromatic carbocycles. The monoisotopic (exact) mass is 344 g/mol. The first kappa shape index (κ1) is 16.4. The van der Waals surface area contributed by atoms with Gasteiger partial charge >= 0.3 is 0 Å². The van der Waals surface area contributed by atoms with Crippen molar-refractivity contribution < 1.29 is 13.5 Å². The summed E-state index contributed by atoms with van der Waals surface area (Å²) in [6, 6.07) is 3.63. The van der Waals surface area contributed by atoms with Crippen LogP contribution in [0.5, 0.6) is 0 Å². The molecule has 3 rings (SSSR count). The molecule has 1 aromatic rings. The van der Waals surface area contributed by atoms with Crippen molar-refractivity contribution in [2.45, 2.75) is 36.5 Å². The van der Waals surface area contributed by atoms with Gasteiger partial charge in [-0.3, -0.25) is 4.90 Å². The SMILES string of the molecule is CCc1ccc(S(=O)(=O)N2CCN(CC(O)C3CC3)CC2)s1. The molecular formula is C15H24N2O3S2. The summed E-state index contributed by atoms with van der Waals surface area (Å²) in [5.41, 5.74) is 0. The Morgan fingerprint density at radius 2 is 1.95 bits per heavy atom. The number of hydrogen-bond acceptors (Lipinski definition) is 5. The smallest absolute Gasteiger partial charge is 0.252 e. The van der Waals surface area contributed by atoms with E-state index in [9.17, 15) is 13.5 Å². The number of aliphatic hydroxyl groups excluding tert-OH is 1. The van der Waals surface area contributed by atoms with Crippen LogP contribution in [0.1, 0.15) is 24.6 Å². The first-order chi connectivity index (χ1) is 10.5. The molecule has 2 fully saturated rings. The van der Waals surface area contributed by atoms with Crippen molar-refractivity contribution in [1.82, 2.24) is 9.21 Å². The predicted molar refractivity (Wildman–Crippen MR) is 87.6 cm³/mol. The quantitative estimate of drug-likeness (QED) is 0.847. The summed E-state index contributed by atoms with van der Waals surface area (Å²) in [4.78, 5) is 3.28. The minimum absolute atomic E-state index is 0.243. The molecule has 1 aromatic heterocycles. The summed E-state index contributed by atoms with van der Waals surface area (Å²) < 4.78 is 27.3. The van der Waals surface area contributed by atoms with E-state index >= 15 is 0 Å². The molecule has 22 heavy (non-hydrogen) atoms. The van der Waals surface area contributed by atoms with Crippen LogP contribution >= 0.6 is 11.3 Å². The third kappa shape index (κ3) is 3.54. The summed E-state index contributed by atoms with van der Waals surface area (Å²) >= 11 is 1.37. The number of rotatable bonds is 6. The number of thiophene rings is 1. The first-order valence-corrected chi connectivity index (χ1v) is 10.3. The molecule has 1 unspecified atom stereocenters. The van der Waals surface area contributed by atoms with E-state index in [0.29, 0.717) is 42.9 Å². The molecular weight excluding hydrogens is 320 g/mol. The number of nitrogens with zero attached hydrogens (tertiary/aromatic N) is 2. The molecule has 2 aliphatic rings. The van der Waals surface area contributed by atoms with Gasteiger partial charge in [0.15, 0.2) is 0 Å². The van der Waals surface area contributed by atoms with Crippen LogP contribution in [0, 0.1) is 5.92 Å². The van der Waals surface area contributed by atoms with Crippen molar-refractivity contribution in [2.24, 2.45) is 5.92 Å². The second-order valence-corrected chi connectivity index (χ2v) is 9.52. The second kappa shape index (κ2) is 6.57. The van der Waals surface area contributed by atoms with Crippen molar-refractivity contribution in [3.8, 4) is 0 Å². The van der Waals surface area contributed by atoms with Crippen LogP contribution in [-0.2, 0) is 16.4 Å². The van der Waals surface area contributed by atoms with Crippen LogP contribution in [0.3, 0.4) is 0 Å². The van der Waals surface area contributed by atoms with E-state index in [1.165, 1.54) is 11.3 Å². The van der Waals surface area contributed by atoms with Crippen molar-refractivity contribution >= 4 is 21.4 Å². The number of aliphatic hydroxyl groups is 1. The van der Waals surface area contributed by atoms with Gasteiger partial charge in [-0.05, 0) is 37.3 Å². The molecule has 0 amide bonds. The molecule has 0 radical (unpaired) electrons. The summed E-state index contributed by atoms with van der Waals surface area (Å²) in [6.07, 6.45) is 2.89. The van der Waals surface area contributed by atoms with Crippen molar-refractivity contribution in [1.29, 1.82) is 0 Å². The van der Waals surface area contributed by atoms with Crippen LogP contribution in [0.2, 0.25) is 0 Å². The fourth-order valence-corrected chi connectivity index (χ4v) is 5.73. The van der Waals surface area contributed by atoms with Gasteiger partial charge in [0.05, 0.1) is 6.10 Å². The highest BCUT2D eigenvalue weighted by Crippen LogP contribution is 2.33. The maximum atomic E-state index is 12.6. The van der Waals surface area contributed by atoms with Crippen LogP contribution in [0.15, 0.2) is 16.3 Å². The number of hydrogen-bond donors (Lipinski definition) is 1. The number of aryl methyl sites for hydroxylation is 1. The zero-order valence-electron chi connectivity index (χ0n) is 12.9. The lowest BCUT2D eigenvalue weighted by molar-refractivity contribution is 0.0782. The van der Waals surface area contributed by atoms with E-state index in [1.807, 2.05) is 13.0 Å². The highest BCUT2D eigenvalue weighted by molar-refractivity contribution is 7.91. The van der Waals surface area contributed by atoms with E-state index in [4.69, 9.17) is 0 Å². The van der Waals surface area contributed by atoms with Gasteiger partial charge < -0.3 is 5.11 Å². The Kier molecular flexibility index (Phi) is 4.89. The van der Waals surface area contributed by atoms with Crippen LogP contribution in [0.25, 0.3) is 0 Å². The molecule has 1 saturated heterocycles. The Morgan fingerprint density at radius 3 is 2.50 bits per heavy atom. The molecule has 0 spiro atoms. The summed E-state index contributed by atoms with van der Waals surface area (Å²) in [7, 11) is -3.34. The molecule has 0 bridgehead atoms. The third-order valence-electron chi connectivity index (χ3n) is 4.52. The van der Waals surface area contributed by atoms with Gasteiger partial charge in [-0.1, -0.05) is 6.92 Å². The van der Waals surface area contributed by atoms with E-state index in [2.05, 4.69) is 4.90 Å². The predicted octanol–water partition coefficient (Wildman–Crippen LogP) is 1.39. The van der Waals surface area contributed by atoms with Gasteiger partial charge in [0.1, 0.15) is 4.21 Å². The zero-order chi connectivity index (χ0) is 15.7. The van der Waals surface area contributed by atoms with Crippen molar-refractivity contribution in [2.75, 3.05) is 32.7 Å². The van der Waals surface area contributed by atoms with E-state index < -0.39 is 10.0 Å². The Labute approximate surface area is 136 Å². The topological polar surface area (TPSA) is 60.9 Å². The number of sulfonamides is 1. The summed E-state index contributed by atoms with van der Waals surface area (Å²) in [6.45, 7) is 5.14. The number of β-amino-alcohol motifs (C(OH)–C–C–N with tert-alkyl or cyclic N) is 1. The van der Waals surface area contributed by atoms with Crippen LogP contribution < -0.4 is 0 Å². The minimum atomic E-state index is -3.34. The van der Waals surface area contributed by atoms with Gasteiger partial charge in [-0.2, -0.15) is 4.31 Å². The molecule has 1 atom stereocenters. The molecule has 5 nitrogen and oxygen atoms in total. The molecule has 2 heterocycles. The molecule has 1 aliphatic carbocycles. The van der Waals surface area contributed by atoms with Crippen LogP contribution in [-0.4, -0.2) is 61.6 Å². The average Bonchev–Trinajstić information content (AvgIpc) is 3.25. The summed E-state index contributed by atoms with van der Waals surface area (Å²) in [5, 5.41) is 10.0. The van der Waals surface area contributed by atoms with Crippen LogP contribution in [0.4, 0.5) is 0 Å². The molecule has 1 aliphatic heterocycles. The second-order valence-electron chi connectivity index (χ2n) is 6.18. The first-order valence-electron chi connectivity index (χ1n) is 8.00. The van der Waals surface area contributed by atoms with Gasteiger partial charge in [0.25, 0.3) is 10.0 Å². The van der Waals surface area contributed by atoms with E-state index in [-0.39, 0.29) is 6.10 Å². The maximum absolute atomic E-state index is 12.6. The Morgan fingerprint density at radius 1 is 1.27 bits per heavy atom.